The van der Waals surface area contributed by atoms with E-state index in [1.807, 2.05) is 0 Å². The molecule has 1 saturated carbocycles. The molecule has 3 nitrogen and oxygen atoms in total. The van der Waals surface area contributed by atoms with Gasteiger partial charge in [0.25, 0.3) is 0 Å². The van der Waals surface area contributed by atoms with E-state index in [1.165, 1.54) is 25.7 Å². The van der Waals surface area contributed by atoms with Crippen LogP contribution in [0.2, 0.25) is 0 Å². The molecule has 3 heteroatoms. The minimum Gasteiger partial charge on any atom is -0.389 e. The van der Waals surface area contributed by atoms with Crippen molar-refractivity contribution in [1.29, 1.82) is 0 Å². The van der Waals surface area contributed by atoms with Crippen molar-refractivity contribution in [1.82, 2.24) is 10.2 Å². The number of aliphatic hydroxyl groups is 1. The van der Waals surface area contributed by atoms with E-state index in [9.17, 15) is 5.11 Å². The highest BCUT2D eigenvalue weighted by molar-refractivity contribution is 4.90. The molecular weight excluding hydrogens is 224 g/mol. The van der Waals surface area contributed by atoms with Crippen LogP contribution in [0.15, 0.2) is 0 Å². The van der Waals surface area contributed by atoms with E-state index in [1.54, 1.807) is 0 Å². The van der Waals surface area contributed by atoms with Crippen molar-refractivity contribution in [3.63, 3.8) is 0 Å². The number of hydrogen-bond acceptors (Lipinski definition) is 3. The molecule has 0 spiro atoms. The van der Waals surface area contributed by atoms with Crippen LogP contribution in [-0.2, 0) is 0 Å². The fraction of sp³-hybridized carbons (Fsp3) is 1.00. The molecule has 0 bridgehead atoms. The third kappa shape index (κ3) is 3.69. The summed E-state index contributed by atoms with van der Waals surface area (Å²) in [5.41, 5.74) is -0.372. The molecule has 0 aromatic rings. The maximum atomic E-state index is 10.5. The van der Waals surface area contributed by atoms with Crippen LogP contribution in [0, 0.1) is 5.92 Å². The summed E-state index contributed by atoms with van der Waals surface area (Å²) in [6.45, 7) is 8.90. The second kappa shape index (κ2) is 6.36. The van der Waals surface area contributed by atoms with Crippen LogP contribution in [0.5, 0.6) is 0 Å². The first-order valence-electron chi connectivity index (χ1n) is 7.81. The molecule has 2 fully saturated rings. The first kappa shape index (κ1) is 14.3. The normalized spacial score (nSPS) is 32.8. The fourth-order valence-electron chi connectivity index (χ4n) is 3.62. The van der Waals surface area contributed by atoms with E-state index in [4.69, 9.17) is 0 Å². The van der Waals surface area contributed by atoms with Crippen LogP contribution in [0.25, 0.3) is 0 Å². The number of piperidine rings is 1. The van der Waals surface area contributed by atoms with E-state index in [0.717, 1.165) is 39.0 Å². The molecule has 0 amide bonds. The lowest BCUT2D eigenvalue weighted by Gasteiger charge is -2.40. The summed E-state index contributed by atoms with van der Waals surface area (Å²) in [7, 11) is 0. The van der Waals surface area contributed by atoms with E-state index in [0.29, 0.717) is 12.0 Å². The maximum absolute atomic E-state index is 10.5. The predicted octanol–water partition coefficient (Wildman–Crippen LogP) is 2.00. The summed E-state index contributed by atoms with van der Waals surface area (Å²) in [5, 5.41) is 14.1. The Morgan fingerprint density at radius 1 is 1.33 bits per heavy atom. The maximum Gasteiger partial charge on any atom is 0.0774 e. The van der Waals surface area contributed by atoms with Crippen LogP contribution < -0.4 is 5.32 Å². The molecule has 18 heavy (non-hydrogen) atoms. The first-order valence-corrected chi connectivity index (χ1v) is 7.81. The summed E-state index contributed by atoms with van der Waals surface area (Å²) in [6, 6.07) is 0.680. The highest BCUT2D eigenvalue weighted by Gasteiger charge is 2.35. The lowest BCUT2D eigenvalue weighted by atomic mass is 9.92. The van der Waals surface area contributed by atoms with Crippen molar-refractivity contribution in [3.05, 3.63) is 0 Å². The van der Waals surface area contributed by atoms with Gasteiger partial charge in [0.05, 0.1) is 5.60 Å². The average Bonchev–Trinajstić information content (AvgIpc) is 2.75. The van der Waals surface area contributed by atoms with E-state index in [-0.39, 0.29) is 5.60 Å². The van der Waals surface area contributed by atoms with Gasteiger partial charge in [-0.3, -0.25) is 0 Å². The van der Waals surface area contributed by atoms with Crippen LogP contribution in [-0.4, -0.2) is 47.8 Å². The van der Waals surface area contributed by atoms with Gasteiger partial charge in [0.1, 0.15) is 0 Å². The standard InChI is InChI=1S/C15H30N2O/c1-3-9-16-14-6-10-17(11-13(14)2)12-15(18)7-4-5-8-15/h13-14,16,18H,3-12H2,1-2H3. The molecule has 2 rings (SSSR count). The van der Waals surface area contributed by atoms with Gasteiger partial charge in [-0.15, -0.1) is 0 Å². The number of β-amino-alcohol motifs (C(OH)–C–C–N with tert-alkyl or cyclic N) is 1. The number of rotatable bonds is 5. The lowest BCUT2D eigenvalue weighted by Crippen LogP contribution is -2.52. The molecule has 106 valence electrons. The number of nitrogens with zero attached hydrogens (tertiary/aromatic N) is 1. The number of nitrogens with one attached hydrogen (secondary N) is 1. The van der Waals surface area contributed by atoms with Gasteiger partial charge in [-0.1, -0.05) is 26.7 Å². The monoisotopic (exact) mass is 254 g/mol. The molecule has 0 aromatic carbocycles. The van der Waals surface area contributed by atoms with E-state index >= 15 is 0 Å². The van der Waals surface area contributed by atoms with Crippen molar-refractivity contribution in [3.8, 4) is 0 Å². The Hall–Kier alpha value is -0.120. The van der Waals surface area contributed by atoms with Crippen molar-refractivity contribution >= 4 is 0 Å². The molecule has 2 atom stereocenters. The summed E-state index contributed by atoms with van der Waals surface area (Å²) >= 11 is 0. The Balaban J connectivity index is 1.77. The van der Waals surface area contributed by atoms with Crippen LogP contribution in [0.3, 0.4) is 0 Å². The van der Waals surface area contributed by atoms with Crippen molar-refractivity contribution in [2.75, 3.05) is 26.2 Å². The minimum atomic E-state index is -0.372. The van der Waals surface area contributed by atoms with Crippen molar-refractivity contribution in [2.24, 2.45) is 5.92 Å². The zero-order chi connectivity index (χ0) is 13.0. The highest BCUT2D eigenvalue weighted by Crippen LogP contribution is 2.31. The summed E-state index contributed by atoms with van der Waals surface area (Å²) in [4.78, 5) is 2.49. The van der Waals surface area contributed by atoms with Gasteiger partial charge in [0.2, 0.25) is 0 Å². The van der Waals surface area contributed by atoms with E-state index in [2.05, 4.69) is 24.1 Å². The summed E-state index contributed by atoms with van der Waals surface area (Å²) in [6.07, 6.45) is 6.88. The molecule has 1 saturated heterocycles. The third-order valence-corrected chi connectivity index (χ3v) is 4.70. The fourth-order valence-corrected chi connectivity index (χ4v) is 3.62. The number of likely N-dealkylation sites (tertiary alicyclic amines) is 1. The average molecular weight is 254 g/mol. The van der Waals surface area contributed by atoms with E-state index < -0.39 is 0 Å². The Labute approximate surface area is 112 Å². The molecule has 0 radical (unpaired) electrons. The van der Waals surface area contributed by atoms with Crippen molar-refractivity contribution < 1.29 is 5.11 Å². The quantitative estimate of drug-likeness (QED) is 0.788. The molecule has 2 aliphatic rings. The molecule has 0 aromatic heterocycles. The first-order chi connectivity index (χ1) is 8.63. The highest BCUT2D eigenvalue weighted by atomic mass is 16.3. The zero-order valence-corrected chi connectivity index (χ0v) is 12.1. The summed E-state index contributed by atoms with van der Waals surface area (Å²) < 4.78 is 0. The Morgan fingerprint density at radius 2 is 2.06 bits per heavy atom. The van der Waals surface area contributed by atoms with Gasteiger partial charge in [-0.2, -0.15) is 0 Å². The minimum absolute atomic E-state index is 0.372. The van der Waals surface area contributed by atoms with Gasteiger partial charge in [-0.05, 0) is 44.7 Å². The van der Waals surface area contributed by atoms with Gasteiger partial charge >= 0.3 is 0 Å². The predicted molar refractivity (Wildman–Crippen MR) is 75.7 cm³/mol. The van der Waals surface area contributed by atoms with Crippen LogP contribution >= 0.6 is 0 Å². The van der Waals surface area contributed by atoms with Gasteiger partial charge in [0, 0.05) is 19.1 Å². The molecular formula is C15H30N2O. The van der Waals surface area contributed by atoms with Crippen molar-refractivity contribution in [2.45, 2.75) is 64.0 Å². The molecule has 2 unspecified atom stereocenters. The number of hydrogen-bond donors (Lipinski definition) is 2. The van der Waals surface area contributed by atoms with Gasteiger partial charge in [-0.25, -0.2) is 0 Å². The third-order valence-electron chi connectivity index (χ3n) is 4.70. The Kier molecular flexibility index (Phi) is 5.05. The topological polar surface area (TPSA) is 35.5 Å². The zero-order valence-electron chi connectivity index (χ0n) is 12.1. The van der Waals surface area contributed by atoms with Crippen LogP contribution in [0.1, 0.15) is 52.4 Å². The Bertz CT molecular complexity index is 251. The molecule has 1 aliphatic heterocycles. The smallest absolute Gasteiger partial charge is 0.0774 e. The SMILES string of the molecule is CCCNC1CCN(CC2(O)CCCC2)CC1C. The van der Waals surface area contributed by atoms with Gasteiger partial charge < -0.3 is 15.3 Å². The lowest BCUT2D eigenvalue weighted by molar-refractivity contribution is -0.00505. The molecule has 1 aliphatic carbocycles. The Morgan fingerprint density at radius 3 is 2.67 bits per heavy atom. The summed E-state index contributed by atoms with van der Waals surface area (Å²) in [5.74, 6) is 0.704. The van der Waals surface area contributed by atoms with Gasteiger partial charge in [0.15, 0.2) is 0 Å². The van der Waals surface area contributed by atoms with Crippen LogP contribution in [0.4, 0.5) is 0 Å². The second-order valence-corrected chi connectivity index (χ2v) is 6.49. The second-order valence-electron chi connectivity index (χ2n) is 6.49. The largest absolute Gasteiger partial charge is 0.389 e. The molecule has 2 N–H and O–H groups in total. The molecule has 1 heterocycles.